The minimum absolute atomic E-state index is 0.0492. The highest BCUT2D eigenvalue weighted by Crippen LogP contribution is 2.35. The number of carbonyl (C=O) groups is 4. The third kappa shape index (κ3) is 23.0. The van der Waals surface area contributed by atoms with Crippen molar-refractivity contribution >= 4 is 69.8 Å². The normalized spacial score (nSPS) is 13.7. The van der Waals surface area contributed by atoms with E-state index >= 15 is 0 Å². The molecular weight excluding hydrogens is 1730 g/mol. The zero-order valence-electron chi connectivity index (χ0n) is 75.0. The van der Waals surface area contributed by atoms with Crippen molar-refractivity contribution in [3.8, 4) is 102 Å². The van der Waals surface area contributed by atoms with Crippen molar-refractivity contribution in [1.82, 2.24) is 73.9 Å². The molecule has 0 radical (unpaired) electrons. The molecule has 0 bridgehead atoms. The van der Waals surface area contributed by atoms with Crippen LogP contribution in [0.15, 0.2) is 346 Å². The molecule has 0 atom stereocenters. The van der Waals surface area contributed by atoms with E-state index in [2.05, 4.69) is 83.3 Å². The maximum absolute atomic E-state index is 13.3. The number of halogens is 2. The van der Waals surface area contributed by atoms with E-state index in [9.17, 15) is 24.4 Å². The van der Waals surface area contributed by atoms with Gasteiger partial charge in [-0.05, 0) is 102 Å². The van der Waals surface area contributed by atoms with Gasteiger partial charge in [-0.1, -0.05) is 290 Å². The van der Waals surface area contributed by atoms with E-state index < -0.39 is 0 Å². The summed E-state index contributed by atoms with van der Waals surface area (Å²) >= 11 is 11.8. The Morgan fingerprint density at radius 3 is 0.896 bits per heavy atom. The standard InChI is InChI=1S/C29H30N4O2.C28H25N5O.C26H24ClN5O.C25H23ClN6O/c1-2-35-28-16-10-9-15-26(28)31-17-19-32(20-18-31)29(34)22-33-27(24-13-7-4-8-14-24)21-25(30-33)23-11-5-3-6-12-23;29-20-24-13-7-8-14-26(24)31-15-17-32(18-16-31)28(34)21-33-27(23-11-5-2-6-12-23)19-25(30-33)22-9-3-1-4-10-22;27-22-11-12-25(28-18-22)30-13-15-31(16-14-30)26(33)19-32-24(21-9-5-2-6-10-21)17-23(29-32)20-7-3-1-4-8-20;26-23-11-12-24(28-27-23)30-13-15-31(16-14-30)25(33)18-32-22(20-9-5-2-6-10-20)17-21(29-32)19-7-3-1-4-8-19/h3-16,21H,2,17-20,22H2,1H3;1-14,19H,15-18,21H2;1-12,17-18H,13-16,19H2;1-12,17H,13-16,18H2. The van der Waals surface area contributed by atoms with Gasteiger partial charge in [-0.25, -0.2) is 4.98 Å². The van der Waals surface area contributed by atoms with Gasteiger partial charge in [-0.15, -0.1) is 10.2 Å². The molecule has 0 aliphatic carbocycles. The molecule has 4 aliphatic heterocycles. The Hall–Kier alpha value is -15.8. The van der Waals surface area contributed by atoms with Crippen LogP contribution >= 0.6 is 23.2 Å². The molecular formula is C108H102Cl2N20O5. The number of anilines is 4. The molecule has 10 heterocycles. The number of carbonyl (C=O) groups excluding carboxylic acids is 4. The Bertz CT molecular complexity index is 6430. The number of pyridine rings is 1. The van der Waals surface area contributed by atoms with Crippen molar-refractivity contribution in [1.29, 1.82) is 5.26 Å². The summed E-state index contributed by atoms with van der Waals surface area (Å²) in [6.07, 6.45) is 1.65. The highest BCUT2D eigenvalue weighted by Gasteiger charge is 2.30. The molecule has 27 heteroatoms. The molecule has 16 aromatic rings. The van der Waals surface area contributed by atoms with Crippen LogP contribution in [0.2, 0.25) is 10.2 Å². The van der Waals surface area contributed by atoms with Gasteiger partial charge in [-0.3, -0.25) is 37.9 Å². The molecule has 4 aliphatic rings. The summed E-state index contributed by atoms with van der Waals surface area (Å²) in [7, 11) is 0. The van der Waals surface area contributed by atoms with E-state index in [0.717, 1.165) is 145 Å². The van der Waals surface area contributed by atoms with E-state index in [0.29, 0.717) is 101 Å². The number of ether oxygens (including phenoxy) is 1. The fourth-order valence-electron chi connectivity index (χ4n) is 17.1. The smallest absolute Gasteiger partial charge is 0.244 e. The Morgan fingerprint density at radius 1 is 0.311 bits per heavy atom. The number of piperazine rings is 4. The molecule has 6 aromatic heterocycles. The van der Waals surface area contributed by atoms with Gasteiger partial charge in [0.2, 0.25) is 23.6 Å². The van der Waals surface area contributed by atoms with E-state index in [1.807, 2.05) is 336 Å². The molecule has 135 heavy (non-hydrogen) atoms. The second kappa shape index (κ2) is 44.4. The lowest BCUT2D eigenvalue weighted by molar-refractivity contribution is -0.133. The molecule has 0 saturated carbocycles. The number of nitrogens with zero attached hydrogens (tertiary/aromatic N) is 20. The summed E-state index contributed by atoms with van der Waals surface area (Å²) in [5.41, 5.74) is 18.1. The summed E-state index contributed by atoms with van der Waals surface area (Å²) in [6, 6.07) is 114. The predicted molar refractivity (Wildman–Crippen MR) is 533 cm³/mol. The highest BCUT2D eigenvalue weighted by molar-refractivity contribution is 6.30. The number of para-hydroxylation sites is 3. The monoisotopic (exact) mass is 1830 g/mol. The summed E-state index contributed by atoms with van der Waals surface area (Å²) in [6.45, 7) is 14.4. The van der Waals surface area contributed by atoms with Crippen LogP contribution in [0.1, 0.15) is 12.5 Å². The Kier molecular flexibility index (Phi) is 30.0. The molecule has 0 spiro atoms. The number of amides is 4. The Morgan fingerprint density at radius 2 is 0.593 bits per heavy atom. The third-order valence-electron chi connectivity index (χ3n) is 24.2. The molecule has 0 unspecified atom stereocenters. The largest absolute Gasteiger partial charge is 0.492 e. The van der Waals surface area contributed by atoms with Crippen molar-refractivity contribution in [2.75, 3.05) is 131 Å². The minimum atomic E-state index is 0.0492. The van der Waals surface area contributed by atoms with Crippen LogP contribution in [0.4, 0.5) is 23.0 Å². The van der Waals surface area contributed by atoms with E-state index in [-0.39, 0.29) is 49.8 Å². The van der Waals surface area contributed by atoms with Gasteiger partial charge in [0.05, 0.1) is 74.1 Å². The lowest BCUT2D eigenvalue weighted by Gasteiger charge is -2.36. The van der Waals surface area contributed by atoms with Crippen LogP contribution in [0, 0.1) is 11.3 Å². The summed E-state index contributed by atoms with van der Waals surface area (Å²) < 4.78 is 13.1. The minimum Gasteiger partial charge on any atom is -0.492 e. The molecule has 20 rings (SSSR count). The third-order valence-corrected chi connectivity index (χ3v) is 24.6. The van der Waals surface area contributed by atoms with Crippen LogP contribution in [0.25, 0.3) is 90.1 Å². The first kappa shape index (κ1) is 91.1. The van der Waals surface area contributed by atoms with Gasteiger partial charge in [-0.2, -0.15) is 25.7 Å². The molecule has 4 amide bonds. The van der Waals surface area contributed by atoms with Crippen LogP contribution in [0.5, 0.6) is 5.75 Å². The van der Waals surface area contributed by atoms with Gasteiger partial charge in [0.25, 0.3) is 0 Å². The second-order valence-corrected chi connectivity index (χ2v) is 33.6. The second-order valence-electron chi connectivity index (χ2n) is 32.8. The first-order valence-electron chi connectivity index (χ1n) is 45.5. The Balaban J connectivity index is 0.000000125. The quantitative estimate of drug-likeness (QED) is 0.0613. The topological polar surface area (TPSA) is 237 Å². The van der Waals surface area contributed by atoms with Crippen molar-refractivity contribution in [3.05, 3.63) is 362 Å². The maximum atomic E-state index is 13.3. The molecule has 25 nitrogen and oxygen atoms in total. The number of hydrogen-bond acceptors (Lipinski definition) is 17. The summed E-state index contributed by atoms with van der Waals surface area (Å²) in [5.74, 6) is 2.81. The van der Waals surface area contributed by atoms with E-state index in [1.165, 1.54) is 0 Å². The van der Waals surface area contributed by atoms with E-state index in [4.69, 9.17) is 48.3 Å². The van der Waals surface area contributed by atoms with Gasteiger partial charge in [0.1, 0.15) is 43.8 Å². The summed E-state index contributed by atoms with van der Waals surface area (Å²) in [4.78, 5) is 73.8. The van der Waals surface area contributed by atoms with Crippen molar-refractivity contribution in [2.45, 2.75) is 33.1 Å². The van der Waals surface area contributed by atoms with Crippen LogP contribution in [-0.4, -0.2) is 209 Å². The highest BCUT2D eigenvalue weighted by atomic mass is 35.5. The number of nitriles is 1. The summed E-state index contributed by atoms with van der Waals surface area (Å²) in [5, 5.41) is 37.7. The van der Waals surface area contributed by atoms with Crippen molar-refractivity contribution < 1.29 is 23.9 Å². The average molecular weight is 1830 g/mol. The van der Waals surface area contributed by atoms with Crippen molar-refractivity contribution in [3.63, 3.8) is 0 Å². The first-order chi connectivity index (χ1) is 66.3. The van der Waals surface area contributed by atoms with Crippen LogP contribution in [-0.2, 0) is 45.4 Å². The number of rotatable bonds is 22. The fraction of sp³-hybridized carbons (Fsp3) is 0.204. The van der Waals surface area contributed by atoms with Crippen molar-refractivity contribution in [2.24, 2.45) is 0 Å². The van der Waals surface area contributed by atoms with Crippen LogP contribution in [0.3, 0.4) is 0 Å². The zero-order chi connectivity index (χ0) is 92.6. The zero-order valence-corrected chi connectivity index (χ0v) is 76.5. The number of hydrogen-bond donors (Lipinski definition) is 0. The lowest BCUT2D eigenvalue weighted by Crippen LogP contribution is -2.50. The van der Waals surface area contributed by atoms with Gasteiger partial charge >= 0.3 is 0 Å². The fourth-order valence-corrected chi connectivity index (χ4v) is 17.3. The lowest BCUT2D eigenvalue weighted by atomic mass is 10.1. The molecule has 678 valence electrons. The predicted octanol–water partition coefficient (Wildman–Crippen LogP) is 18.0. The maximum Gasteiger partial charge on any atom is 0.244 e. The molecule has 4 fully saturated rings. The molecule has 0 N–H and O–H groups in total. The van der Waals surface area contributed by atoms with Gasteiger partial charge in [0.15, 0.2) is 11.0 Å². The number of benzene rings is 10. The van der Waals surface area contributed by atoms with E-state index in [1.54, 1.807) is 12.3 Å². The molecule has 10 aromatic carbocycles. The Labute approximate surface area is 795 Å². The van der Waals surface area contributed by atoms with Gasteiger partial charge in [0, 0.05) is 133 Å². The van der Waals surface area contributed by atoms with Crippen LogP contribution < -0.4 is 24.3 Å². The molecule has 4 saturated heterocycles. The number of aromatic nitrogens is 11. The SMILES string of the molecule is CCOc1ccccc1N1CCN(C(=O)Cn2nc(-c3ccccc3)cc2-c2ccccc2)CC1.N#Cc1ccccc1N1CCN(C(=O)Cn2nc(-c3ccccc3)cc2-c2ccccc2)CC1.O=C(Cn1nc(-c2ccccc2)cc1-c1ccccc1)N1CCN(c2ccc(Cl)cn2)CC1.O=C(Cn1nc(-c2ccccc2)cc1-c1ccccc1)N1CCN(c2ccc(Cl)nn2)CC1. The average Bonchev–Trinajstić information content (AvgIpc) is 1.67. The van der Waals surface area contributed by atoms with Gasteiger partial charge < -0.3 is 43.9 Å². The first-order valence-corrected chi connectivity index (χ1v) is 46.2.